The zero-order valence-electron chi connectivity index (χ0n) is 12.9. The van der Waals surface area contributed by atoms with Crippen molar-refractivity contribution in [2.75, 3.05) is 11.1 Å². The number of hydrogen-bond donors (Lipinski definition) is 2. The van der Waals surface area contributed by atoms with Gasteiger partial charge in [-0.15, -0.1) is 16.4 Å². The van der Waals surface area contributed by atoms with E-state index >= 15 is 0 Å². The van der Waals surface area contributed by atoms with Crippen LogP contribution in [0.2, 0.25) is 5.02 Å². The standard InChI is InChI=1S/C15H11ClF2N4O2S2/c16-9-6-8(3-4-10(9)24-14(17)18)19-12(23)7-26-15-20-13(21-22-15)11-2-1-5-25-11/h1-6,14H,7H2,(H,19,23)(H,20,21,22). The van der Waals surface area contributed by atoms with Gasteiger partial charge >= 0.3 is 6.61 Å². The van der Waals surface area contributed by atoms with Crippen molar-refractivity contribution >= 4 is 46.3 Å². The number of nitrogens with one attached hydrogen (secondary N) is 2. The van der Waals surface area contributed by atoms with Crippen LogP contribution >= 0.6 is 34.7 Å². The lowest BCUT2D eigenvalue weighted by Gasteiger charge is -2.09. The zero-order valence-corrected chi connectivity index (χ0v) is 15.3. The minimum absolute atomic E-state index is 0.0229. The number of ether oxygens (including phenoxy) is 1. The molecule has 0 aliphatic heterocycles. The van der Waals surface area contributed by atoms with Crippen molar-refractivity contribution in [3.63, 3.8) is 0 Å². The third kappa shape index (κ3) is 4.93. The van der Waals surface area contributed by atoms with Crippen LogP contribution in [0.3, 0.4) is 0 Å². The molecule has 0 saturated carbocycles. The van der Waals surface area contributed by atoms with E-state index in [1.807, 2.05) is 17.5 Å². The molecule has 1 aromatic carbocycles. The summed E-state index contributed by atoms with van der Waals surface area (Å²) in [4.78, 5) is 17.3. The molecule has 0 spiro atoms. The summed E-state index contributed by atoms with van der Waals surface area (Å²) in [6.45, 7) is -2.97. The molecule has 3 rings (SSSR count). The molecule has 0 bridgehead atoms. The number of rotatable bonds is 7. The Morgan fingerprint density at radius 1 is 1.42 bits per heavy atom. The average molecular weight is 417 g/mol. The first-order chi connectivity index (χ1) is 12.5. The summed E-state index contributed by atoms with van der Waals surface area (Å²) < 4.78 is 28.6. The second-order valence-electron chi connectivity index (χ2n) is 4.80. The summed E-state index contributed by atoms with van der Waals surface area (Å²) in [5.74, 6) is 0.255. The number of thioether (sulfide) groups is 1. The molecule has 0 fully saturated rings. The number of benzene rings is 1. The van der Waals surface area contributed by atoms with E-state index in [1.54, 1.807) is 0 Å². The first-order valence-electron chi connectivity index (χ1n) is 7.14. The lowest BCUT2D eigenvalue weighted by atomic mass is 10.3. The second-order valence-corrected chi connectivity index (χ2v) is 7.10. The number of amides is 1. The Morgan fingerprint density at radius 3 is 2.96 bits per heavy atom. The summed E-state index contributed by atoms with van der Waals surface area (Å²) in [5, 5.41) is 11.8. The highest BCUT2D eigenvalue weighted by molar-refractivity contribution is 7.99. The quantitative estimate of drug-likeness (QED) is 0.553. The Bertz CT molecular complexity index is 890. The number of carbonyl (C=O) groups excluding carboxylic acids is 1. The average Bonchev–Trinajstić information content (AvgIpc) is 3.26. The summed E-state index contributed by atoms with van der Waals surface area (Å²) in [6.07, 6.45) is 0. The molecule has 6 nitrogen and oxygen atoms in total. The van der Waals surface area contributed by atoms with Crippen molar-refractivity contribution in [3.8, 4) is 16.5 Å². The van der Waals surface area contributed by atoms with E-state index in [4.69, 9.17) is 11.6 Å². The molecular weight excluding hydrogens is 406 g/mol. The third-order valence-corrected chi connectivity index (χ3v) is 5.00. The summed E-state index contributed by atoms with van der Waals surface area (Å²) in [5.41, 5.74) is 0.372. The lowest BCUT2D eigenvalue weighted by molar-refractivity contribution is -0.113. The van der Waals surface area contributed by atoms with Gasteiger partial charge in [0.1, 0.15) is 5.75 Å². The maximum Gasteiger partial charge on any atom is 0.387 e. The number of carbonyl (C=O) groups is 1. The first-order valence-corrected chi connectivity index (χ1v) is 9.39. The number of H-pyrrole nitrogens is 1. The Hall–Kier alpha value is -2.17. The molecule has 0 saturated heterocycles. The van der Waals surface area contributed by atoms with Gasteiger partial charge in [-0.1, -0.05) is 29.4 Å². The molecule has 0 aliphatic carbocycles. The van der Waals surface area contributed by atoms with Gasteiger partial charge < -0.3 is 10.1 Å². The van der Waals surface area contributed by atoms with Gasteiger partial charge in [0.05, 0.1) is 15.7 Å². The van der Waals surface area contributed by atoms with Gasteiger partial charge in [-0.05, 0) is 29.6 Å². The number of nitrogens with zero attached hydrogens (tertiary/aromatic N) is 2. The van der Waals surface area contributed by atoms with Crippen molar-refractivity contribution in [1.82, 2.24) is 15.2 Å². The van der Waals surface area contributed by atoms with Crippen LogP contribution in [-0.2, 0) is 4.79 Å². The number of alkyl halides is 2. The monoisotopic (exact) mass is 416 g/mol. The van der Waals surface area contributed by atoms with E-state index in [0.29, 0.717) is 16.7 Å². The van der Waals surface area contributed by atoms with Crippen molar-refractivity contribution in [2.24, 2.45) is 0 Å². The number of hydrogen-bond acceptors (Lipinski definition) is 6. The number of aromatic amines is 1. The largest absolute Gasteiger partial charge is 0.433 e. The van der Waals surface area contributed by atoms with Gasteiger partial charge in [-0.25, -0.2) is 4.98 Å². The van der Waals surface area contributed by atoms with Gasteiger partial charge in [0.15, 0.2) is 5.82 Å². The molecule has 0 unspecified atom stereocenters. The van der Waals surface area contributed by atoms with E-state index in [0.717, 1.165) is 16.6 Å². The Morgan fingerprint density at radius 2 is 2.27 bits per heavy atom. The van der Waals surface area contributed by atoms with E-state index < -0.39 is 6.61 Å². The van der Waals surface area contributed by atoms with Crippen LogP contribution < -0.4 is 10.1 Å². The van der Waals surface area contributed by atoms with Gasteiger partial charge in [0.25, 0.3) is 0 Å². The van der Waals surface area contributed by atoms with E-state index in [-0.39, 0.29) is 22.4 Å². The smallest absolute Gasteiger partial charge is 0.387 e. The zero-order chi connectivity index (χ0) is 18.5. The van der Waals surface area contributed by atoms with Crippen LogP contribution in [0, 0.1) is 0 Å². The molecule has 3 aromatic rings. The van der Waals surface area contributed by atoms with Gasteiger partial charge in [-0.3, -0.25) is 9.89 Å². The molecule has 0 aliphatic rings. The topological polar surface area (TPSA) is 79.9 Å². The van der Waals surface area contributed by atoms with Crippen LogP contribution in [0.25, 0.3) is 10.7 Å². The molecule has 26 heavy (non-hydrogen) atoms. The van der Waals surface area contributed by atoms with Gasteiger partial charge in [-0.2, -0.15) is 8.78 Å². The van der Waals surface area contributed by atoms with E-state index in [9.17, 15) is 13.6 Å². The summed E-state index contributed by atoms with van der Waals surface area (Å²) in [7, 11) is 0. The lowest BCUT2D eigenvalue weighted by Crippen LogP contribution is -2.14. The predicted octanol–water partition coefficient (Wildman–Crippen LogP) is 4.52. The molecule has 2 N–H and O–H groups in total. The minimum atomic E-state index is -2.97. The first kappa shape index (κ1) is 18.6. The number of aromatic nitrogens is 3. The molecule has 0 radical (unpaired) electrons. The van der Waals surface area contributed by atoms with Crippen LogP contribution in [0.4, 0.5) is 14.5 Å². The van der Waals surface area contributed by atoms with Crippen LogP contribution in [0.15, 0.2) is 40.9 Å². The predicted molar refractivity (Wildman–Crippen MR) is 97.1 cm³/mol. The fourth-order valence-corrected chi connectivity index (χ4v) is 3.42. The number of thiophene rings is 1. The Balaban J connectivity index is 1.53. The Kier molecular flexibility index (Phi) is 6.07. The highest BCUT2D eigenvalue weighted by Crippen LogP contribution is 2.29. The van der Waals surface area contributed by atoms with Gasteiger partial charge in [0, 0.05) is 5.69 Å². The van der Waals surface area contributed by atoms with Crippen LogP contribution in [0.1, 0.15) is 0 Å². The SMILES string of the molecule is O=C(CSc1n[nH]c(-c2cccs2)n1)Nc1ccc(OC(F)F)c(Cl)c1. The molecule has 11 heteroatoms. The van der Waals surface area contributed by atoms with Gasteiger partial charge in [0.2, 0.25) is 11.1 Å². The molecule has 136 valence electrons. The third-order valence-electron chi connectivity index (χ3n) is 2.98. The van der Waals surface area contributed by atoms with Crippen molar-refractivity contribution < 1.29 is 18.3 Å². The van der Waals surface area contributed by atoms with Crippen molar-refractivity contribution in [3.05, 3.63) is 40.7 Å². The molecule has 0 atom stereocenters. The normalized spacial score (nSPS) is 10.9. The Labute approximate surface area is 159 Å². The summed E-state index contributed by atoms with van der Waals surface area (Å²) in [6, 6.07) is 7.85. The maximum absolute atomic E-state index is 12.2. The molecular formula is C15H11ClF2N4O2S2. The molecule has 2 heterocycles. The fourth-order valence-electron chi connectivity index (χ4n) is 1.93. The van der Waals surface area contributed by atoms with Crippen LogP contribution in [0.5, 0.6) is 5.75 Å². The fraction of sp³-hybridized carbons (Fsp3) is 0.133. The van der Waals surface area contributed by atoms with Crippen molar-refractivity contribution in [2.45, 2.75) is 11.8 Å². The minimum Gasteiger partial charge on any atom is -0.433 e. The maximum atomic E-state index is 12.2. The number of anilines is 1. The highest BCUT2D eigenvalue weighted by Gasteiger charge is 2.12. The van der Waals surface area contributed by atoms with E-state index in [1.165, 1.54) is 29.5 Å². The second kappa shape index (κ2) is 8.47. The summed E-state index contributed by atoms with van der Waals surface area (Å²) >= 11 is 8.54. The van der Waals surface area contributed by atoms with Crippen molar-refractivity contribution in [1.29, 1.82) is 0 Å². The number of halogens is 3. The van der Waals surface area contributed by atoms with Crippen LogP contribution in [-0.4, -0.2) is 33.5 Å². The van der Waals surface area contributed by atoms with E-state index in [2.05, 4.69) is 25.2 Å². The molecule has 2 aromatic heterocycles. The highest BCUT2D eigenvalue weighted by atomic mass is 35.5. The molecule has 1 amide bonds.